The van der Waals surface area contributed by atoms with Gasteiger partial charge < -0.3 is 4.74 Å². The van der Waals surface area contributed by atoms with Crippen molar-refractivity contribution in [3.63, 3.8) is 0 Å². The van der Waals surface area contributed by atoms with Gasteiger partial charge in [-0.3, -0.25) is 0 Å². The van der Waals surface area contributed by atoms with Gasteiger partial charge in [0.05, 0.1) is 22.9 Å². The lowest BCUT2D eigenvalue weighted by Gasteiger charge is -2.10. The Morgan fingerprint density at radius 3 is 2.60 bits per heavy atom. The Bertz CT molecular complexity index is 154. The molecule has 1 rings (SSSR count). The summed E-state index contributed by atoms with van der Waals surface area (Å²) in [6.07, 6.45) is -3.21. The average Bonchev–Trinajstić information content (AvgIpc) is 2.14. The van der Waals surface area contributed by atoms with Crippen LogP contribution in [0.4, 0.5) is 13.6 Å². The van der Waals surface area contributed by atoms with Crippen LogP contribution in [-0.4, -0.2) is 28.3 Å². The highest BCUT2D eigenvalue weighted by Gasteiger charge is 2.37. The molecule has 0 bridgehead atoms. The molecule has 10 heavy (non-hydrogen) atoms. The van der Waals surface area contributed by atoms with E-state index in [4.69, 9.17) is 0 Å². The molecule has 1 aliphatic heterocycles. The second-order valence-electron chi connectivity index (χ2n) is 1.79. The van der Waals surface area contributed by atoms with Gasteiger partial charge in [0.1, 0.15) is 12.6 Å². The maximum atomic E-state index is 11.9. The number of amides is 1. The lowest BCUT2D eigenvalue weighted by molar-refractivity contribution is 0.0867. The second-order valence-corrected chi connectivity index (χ2v) is 2.83. The van der Waals surface area contributed by atoms with Crippen molar-refractivity contribution in [3.05, 3.63) is 0 Å². The highest BCUT2D eigenvalue weighted by atomic mass is 127. The van der Waals surface area contributed by atoms with E-state index >= 15 is 0 Å². The molecular weight excluding hydrogens is 259 g/mol. The third kappa shape index (κ3) is 1.30. The van der Waals surface area contributed by atoms with Crippen LogP contribution in [0.15, 0.2) is 0 Å². The first-order valence-electron chi connectivity index (χ1n) is 2.53. The highest BCUT2D eigenvalue weighted by Crippen LogP contribution is 2.21. The third-order valence-electron chi connectivity index (χ3n) is 1.13. The van der Waals surface area contributed by atoms with Crippen LogP contribution in [0.3, 0.4) is 0 Å². The Morgan fingerprint density at radius 1 is 1.80 bits per heavy atom. The van der Waals surface area contributed by atoms with Gasteiger partial charge in [-0.25, -0.2) is 16.7 Å². The lowest BCUT2D eigenvalue weighted by atomic mass is 10.3. The van der Waals surface area contributed by atoms with Crippen LogP contribution >= 0.6 is 22.9 Å². The van der Waals surface area contributed by atoms with Crippen LogP contribution < -0.4 is 0 Å². The van der Waals surface area contributed by atoms with Gasteiger partial charge in [0.2, 0.25) is 0 Å². The van der Waals surface area contributed by atoms with E-state index in [-0.39, 0.29) is 6.61 Å². The molecule has 0 saturated carbocycles. The Morgan fingerprint density at radius 2 is 2.40 bits per heavy atom. The van der Waals surface area contributed by atoms with Crippen LogP contribution in [0, 0.1) is 0 Å². The zero-order valence-electron chi connectivity index (χ0n) is 4.76. The number of carbonyl (C=O) groups is 1. The molecule has 1 heterocycles. The third-order valence-corrected chi connectivity index (χ3v) is 2.24. The fourth-order valence-electron chi connectivity index (χ4n) is 0.591. The molecule has 1 saturated heterocycles. The first-order chi connectivity index (χ1) is 4.63. The van der Waals surface area contributed by atoms with Gasteiger partial charge in [-0.2, -0.15) is 0 Å². The predicted molar refractivity (Wildman–Crippen MR) is 37.0 cm³/mol. The zero-order chi connectivity index (χ0) is 7.72. The van der Waals surface area contributed by atoms with Crippen molar-refractivity contribution in [1.82, 2.24) is 3.11 Å². The first kappa shape index (κ1) is 7.96. The van der Waals surface area contributed by atoms with Crippen LogP contribution in [0.5, 0.6) is 0 Å². The summed E-state index contributed by atoms with van der Waals surface area (Å²) in [5, 5.41) is 0. The molecule has 1 atom stereocenters. The van der Waals surface area contributed by atoms with E-state index < -0.39 is 18.6 Å². The van der Waals surface area contributed by atoms with E-state index in [0.29, 0.717) is 0 Å². The molecule has 58 valence electrons. The monoisotopic (exact) mass is 263 g/mol. The summed E-state index contributed by atoms with van der Waals surface area (Å²) in [5.41, 5.74) is 0. The van der Waals surface area contributed by atoms with Crippen molar-refractivity contribution in [1.29, 1.82) is 0 Å². The maximum Gasteiger partial charge on any atom is 0.419 e. The Balaban J connectivity index is 2.57. The summed E-state index contributed by atoms with van der Waals surface area (Å²) in [7, 11) is 0. The number of cyclic esters (lactones) is 1. The van der Waals surface area contributed by atoms with Gasteiger partial charge >= 0.3 is 6.09 Å². The molecule has 0 aromatic heterocycles. The molecule has 3 nitrogen and oxygen atoms in total. The van der Waals surface area contributed by atoms with E-state index in [2.05, 4.69) is 4.74 Å². The maximum absolute atomic E-state index is 11.9. The average molecular weight is 263 g/mol. The number of rotatable bonds is 1. The van der Waals surface area contributed by atoms with Crippen LogP contribution in [0.2, 0.25) is 0 Å². The van der Waals surface area contributed by atoms with Crippen molar-refractivity contribution in [2.24, 2.45) is 0 Å². The molecule has 0 spiro atoms. The van der Waals surface area contributed by atoms with Crippen molar-refractivity contribution in [2.45, 2.75) is 12.5 Å². The van der Waals surface area contributed by atoms with Crippen LogP contribution in [0.1, 0.15) is 0 Å². The molecule has 1 amide bonds. The molecule has 1 fully saturated rings. The lowest BCUT2D eigenvalue weighted by Crippen LogP contribution is -2.30. The van der Waals surface area contributed by atoms with E-state index in [1.165, 1.54) is 22.9 Å². The highest BCUT2D eigenvalue weighted by molar-refractivity contribution is 14.1. The summed E-state index contributed by atoms with van der Waals surface area (Å²) in [4.78, 5) is 10.5. The Labute approximate surface area is 69.8 Å². The summed E-state index contributed by atoms with van der Waals surface area (Å²) in [6.45, 7) is -0.209. The van der Waals surface area contributed by atoms with Gasteiger partial charge in [-0.05, 0) is 0 Å². The molecular formula is C4H4F2INO2. The summed E-state index contributed by atoms with van der Waals surface area (Å²) < 4.78 is 29.0. The SMILES string of the molecule is O=C1OCC(C(F)F)N1I. The van der Waals surface area contributed by atoms with Crippen molar-refractivity contribution in [3.8, 4) is 0 Å². The predicted octanol–water partition coefficient (Wildman–Crippen LogP) is 1.42. The first-order valence-corrected chi connectivity index (χ1v) is 3.49. The molecule has 1 aliphatic rings. The fraction of sp³-hybridized carbons (Fsp3) is 0.750. The molecule has 0 aromatic rings. The zero-order valence-corrected chi connectivity index (χ0v) is 6.92. The minimum atomic E-state index is -2.52. The molecule has 0 aliphatic carbocycles. The van der Waals surface area contributed by atoms with Gasteiger partial charge in [-0.1, -0.05) is 0 Å². The Kier molecular flexibility index (Phi) is 2.27. The van der Waals surface area contributed by atoms with E-state index in [1.54, 1.807) is 0 Å². The normalized spacial score (nSPS) is 25.8. The van der Waals surface area contributed by atoms with E-state index in [9.17, 15) is 13.6 Å². The van der Waals surface area contributed by atoms with Crippen molar-refractivity contribution < 1.29 is 18.3 Å². The smallest absolute Gasteiger partial charge is 0.419 e. The van der Waals surface area contributed by atoms with Crippen LogP contribution in [-0.2, 0) is 4.74 Å². The number of hydrogen-bond acceptors (Lipinski definition) is 2. The Hall–Kier alpha value is -0.140. The van der Waals surface area contributed by atoms with Gasteiger partial charge in [-0.15, -0.1) is 0 Å². The summed E-state index contributed by atoms with van der Waals surface area (Å²) >= 11 is 1.51. The van der Waals surface area contributed by atoms with Gasteiger partial charge in [0.25, 0.3) is 6.43 Å². The molecule has 1 unspecified atom stereocenters. The number of ether oxygens (including phenoxy) is 1. The number of halogens is 3. The second kappa shape index (κ2) is 2.85. The van der Waals surface area contributed by atoms with Crippen LogP contribution in [0.25, 0.3) is 0 Å². The van der Waals surface area contributed by atoms with E-state index in [0.717, 1.165) is 3.11 Å². The standard InChI is InChI=1S/C4H4F2INO2/c5-3(6)2-1-10-4(9)8(2)7/h2-3H,1H2. The molecule has 0 aromatic carbocycles. The number of hydrogen-bond donors (Lipinski definition) is 0. The number of alkyl halides is 2. The van der Waals surface area contributed by atoms with Gasteiger partial charge in [0.15, 0.2) is 0 Å². The number of carbonyl (C=O) groups excluding carboxylic acids is 1. The topological polar surface area (TPSA) is 29.5 Å². The van der Waals surface area contributed by atoms with Crippen molar-refractivity contribution in [2.75, 3.05) is 6.61 Å². The largest absolute Gasteiger partial charge is 0.446 e. The quantitative estimate of drug-likeness (QED) is 0.529. The summed E-state index contributed by atoms with van der Waals surface area (Å²) in [5.74, 6) is 0. The minimum Gasteiger partial charge on any atom is -0.446 e. The van der Waals surface area contributed by atoms with Crippen molar-refractivity contribution >= 4 is 29.0 Å². The molecule has 6 heteroatoms. The number of nitrogens with zero attached hydrogens (tertiary/aromatic N) is 1. The van der Waals surface area contributed by atoms with E-state index in [1.807, 2.05) is 0 Å². The summed E-state index contributed by atoms with van der Waals surface area (Å²) in [6, 6.07) is -1.08. The minimum absolute atomic E-state index is 0.209. The fourth-order valence-corrected chi connectivity index (χ4v) is 1.13. The van der Waals surface area contributed by atoms with Gasteiger partial charge in [0, 0.05) is 0 Å². The molecule has 0 N–H and O–H groups in total. The molecule has 0 radical (unpaired) electrons.